The zero-order valence-electron chi connectivity index (χ0n) is 9.58. The fourth-order valence-electron chi connectivity index (χ4n) is 2.12. The lowest BCUT2D eigenvalue weighted by Crippen LogP contribution is -2.31. The van der Waals surface area contributed by atoms with E-state index in [1.54, 1.807) is 0 Å². The number of nitrogens with one attached hydrogen (secondary N) is 2. The molecule has 1 saturated heterocycles. The second kappa shape index (κ2) is 4.75. The van der Waals surface area contributed by atoms with Crippen molar-refractivity contribution in [2.24, 2.45) is 5.92 Å². The molecule has 2 rings (SSSR count). The first-order valence-electron chi connectivity index (χ1n) is 5.94. The van der Waals surface area contributed by atoms with Crippen LogP contribution in [0.15, 0.2) is 0 Å². The van der Waals surface area contributed by atoms with E-state index in [0.29, 0.717) is 6.04 Å². The van der Waals surface area contributed by atoms with E-state index in [2.05, 4.69) is 34.3 Å². The normalized spacial score (nSPS) is 26.8. The van der Waals surface area contributed by atoms with Gasteiger partial charge in [-0.1, -0.05) is 13.8 Å². The summed E-state index contributed by atoms with van der Waals surface area (Å²) in [6, 6.07) is 0.357. The summed E-state index contributed by atoms with van der Waals surface area (Å²) in [6.07, 6.45) is 4.53. The van der Waals surface area contributed by atoms with Crippen molar-refractivity contribution in [2.75, 3.05) is 6.54 Å². The highest BCUT2D eigenvalue weighted by atomic mass is 15.2. The largest absolute Gasteiger partial charge is 0.307 e. The first-order chi connectivity index (χ1) is 7.29. The zero-order chi connectivity index (χ0) is 10.7. The molecule has 84 valence electrons. The smallest absolute Gasteiger partial charge is 0.167 e. The molecule has 2 unspecified atom stereocenters. The van der Waals surface area contributed by atoms with Crippen LogP contribution in [0.5, 0.6) is 0 Å². The minimum absolute atomic E-state index is 0.357. The molecule has 2 N–H and O–H groups in total. The summed E-state index contributed by atoms with van der Waals surface area (Å²) < 4.78 is 0. The summed E-state index contributed by atoms with van der Waals surface area (Å²) in [4.78, 5) is 4.53. The summed E-state index contributed by atoms with van der Waals surface area (Å²) in [5.41, 5.74) is 0. The maximum atomic E-state index is 4.53. The number of nitrogens with zero attached hydrogens (tertiary/aromatic N) is 2. The molecule has 1 fully saturated rings. The van der Waals surface area contributed by atoms with Gasteiger partial charge in [-0.3, -0.25) is 5.10 Å². The standard InChI is InChI=1S/C11H20N4/c1-3-4-10-13-11(15-14-10)9-7-8(2)5-6-12-9/h8-9,12H,3-7H2,1-2H3,(H,13,14,15). The molecule has 0 saturated carbocycles. The molecule has 1 aliphatic rings. The van der Waals surface area contributed by atoms with Gasteiger partial charge in [0.15, 0.2) is 5.82 Å². The molecule has 0 radical (unpaired) electrons. The van der Waals surface area contributed by atoms with Gasteiger partial charge in [0, 0.05) is 6.42 Å². The van der Waals surface area contributed by atoms with E-state index in [4.69, 9.17) is 0 Å². The van der Waals surface area contributed by atoms with Gasteiger partial charge in [0.1, 0.15) is 5.82 Å². The molecule has 4 heteroatoms. The van der Waals surface area contributed by atoms with Gasteiger partial charge < -0.3 is 5.32 Å². The molecule has 15 heavy (non-hydrogen) atoms. The van der Waals surface area contributed by atoms with Crippen LogP contribution in [0.25, 0.3) is 0 Å². The Labute approximate surface area is 90.9 Å². The highest BCUT2D eigenvalue weighted by molar-refractivity contribution is 4.98. The number of aryl methyl sites for hydroxylation is 1. The number of hydrogen-bond donors (Lipinski definition) is 2. The lowest BCUT2D eigenvalue weighted by molar-refractivity contribution is 0.316. The topological polar surface area (TPSA) is 53.6 Å². The summed E-state index contributed by atoms with van der Waals surface area (Å²) in [5, 5.41) is 10.8. The lowest BCUT2D eigenvalue weighted by atomic mass is 9.94. The van der Waals surface area contributed by atoms with Crippen molar-refractivity contribution in [3.63, 3.8) is 0 Å². The Hall–Kier alpha value is -0.900. The van der Waals surface area contributed by atoms with Crippen LogP contribution < -0.4 is 5.32 Å². The van der Waals surface area contributed by atoms with E-state index >= 15 is 0 Å². The Balaban J connectivity index is 2.01. The number of hydrogen-bond acceptors (Lipinski definition) is 3. The van der Waals surface area contributed by atoms with Gasteiger partial charge in [-0.05, 0) is 31.7 Å². The molecular formula is C11H20N4. The van der Waals surface area contributed by atoms with E-state index in [1.165, 1.54) is 6.42 Å². The Bertz CT molecular complexity index is 307. The van der Waals surface area contributed by atoms with Gasteiger partial charge in [-0.2, -0.15) is 5.10 Å². The number of piperidine rings is 1. The Morgan fingerprint density at radius 3 is 3.07 bits per heavy atom. The van der Waals surface area contributed by atoms with E-state index < -0.39 is 0 Å². The van der Waals surface area contributed by atoms with Gasteiger partial charge in [-0.25, -0.2) is 4.98 Å². The number of rotatable bonds is 3. The molecule has 4 nitrogen and oxygen atoms in total. The number of aromatic amines is 1. The average molecular weight is 208 g/mol. The third-order valence-corrected chi connectivity index (χ3v) is 3.01. The van der Waals surface area contributed by atoms with Crippen LogP contribution in [-0.2, 0) is 6.42 Å². The Kier molecular flexibility index (Phi) is 3.36. The minimum atomic E-state index is 0.357. The van der Waals surface area contributed by atoms with E-state index in [0.717, 1.165) is 43.4 Å². The molecule has 1 aromatic heterocycles. The average Bonchev–Trinajstić information content (AvgIpc) is 2.67. The molecule has 0 bridgehead atoms. The number of aromatic nitrogens is 3. The van der Waals surface area contributed by atoms with Crippen molar-refractivity contribution in [3.8, 4) is 0 Å². The Morgan fingerprint density at radius 1 is 1.47 bits per heavy atom. The van der Waals surface area contributed by atoms with Crippen LogP contribution in [0, 0.1) is 5.92 Å². The van der Waals surface area contributed by atoms with Crippen LogP contribution in [0.2, 0.25) is 0 Å². The van der Waals surface area contributed by atoms with Crippen LogP contribution in [0.4, 0.5) is 0 Å². The zero-order valence-corrected chi connectivity index (χ0v) is 9.58. The van der Waals surface area contributed by atoms with Crippen LogP contribution in [0.3, 0.4) is 0 Å². The molecule has 0 spiro atoms. The second-order valence-electron chi connectivity index (χ2n) is 4.53. The monoisotopic (exact) mass is 208 g/mol. The van der Waals surface area contributed by atoms with E-state index in [1.807, 2.05) is 0 Å². The third kappa shape index (κ3) is 2.56. The maximum absolute atomic E-state index is 4.53. The number of H-pyrrole nitrogens is 1. The van der Waals surface area contributed by atoms with Gasteiger partial charge >= 0.3 is 0 Å². The van der Waals surface area contributed by atoms with Gasteiger partial charge in [0.25, 0.3) is 0 Å². The van der Waals surface area contributed by atoms with Crippen LogP contribution in [0.1, 0.15) is 50.8 Å². The van der Waals surface area contributed by atoms with Gasteiger partial charge in [-0.15, -0.1) is 0 Å². The third-order valence-electron chi connectivity index (χ3n) is 3.01. The van der Waals surface area contributed by atoms with Crippen molar-refractivity contribution in [2.45, 2.75) is 45.6 Å². The van der Waals surface area contributed by atoms with Crippen molar-refractivity contribution in [1.29, 1.82) is 0 Å². The first kappa shape index (κ1) is 10.6. The second-order valence-corrected chi connectivity index (χ2v) is 4.53. The fourth-order valence-corrected chi connectivity index (χ4v) is 2.12. The molecule has 1 aliphatic heterocycles. The maximum Gasteiger partial charge on any atom is 0.167 e. The highest BCUT2D eigenvalue weighted by Crippen LogP contribution is 2.24. The summed E-state index contributed by atoms with van der Waals surface area (Å²) in [5.74, 6) is 2.75. The highest BCUT2D eigenvalue weighted by Gasteiger charge is 2.22. The van der Waals surface area contributed by atoms with Gasteiger partial charge in [0.2, 0.25) is 0 Å². The summed E-state index contributed by atoms with van der Waals surface area (Å²) >= 11 is 0. The quantitative estimate of drug-likeness (QED) is 0.796. The fraction of sp³-hybridized carbons (Fsp3) is 0.818. The summed E-state index contributed by atoms with van der Waals surface area (Å²) in [7, 11) is 0. The van der Waals surface area contributed by atoms with Crippen molar-refractivity contribution in [3.05, 3.63) is 11.6 Å². The van der Waals surface area contributed by atoms with Gasteiger partial charge in [0.05, 0.1) is 6.04 Å². The summed E-state index contributed by atoms with van der Waals surface area (Å²) in [6.45, 7) is 5.54. The molecule has 1 aromatic rings. The van der Waals surface area contributed by atoms with Crippen LogP contribution >= 0.6 is 0 Å². The molecule has 0 aromatic carbocycles. The predicted molar refractivity (Wildman–Crippen MR) is 59.5 cm³/mol. The van der Waals surface area contributed by atoms with Crippen molar-refractivity contribution in [1.82, 2.24) is 20.5 Å². The molecular weight excluding hydrogens is 188 g/mol. The van der Waals surface area contributed by atoms with E-state index in [-0.39, 0.29) is 0 Å². The van der Waals surface area contributed by atoms with Crippen LogP contribution in [-0.4, -0.2) is 21.7 Å². The van der Waals surface area contributed by atoms with Crippen molar-refractivity contribution >= 4 is 0 Å². The lowest BCUT2D eigenvalue weighted by Gasteiger charge is -2.25. The van der Waals surface area contributed by atoms with Crippen molar-refractivity contribution < 1.29 is 0 Å². The SMILES string of the molecule is CCCc1nc(C2CC(C)CCN2)n[nH]1. The first-order valence-corrected chi connectivity index (χ1v) is 5.94. The van der Waals surface area contributed by atoms with E-state index in [9.17, 15) is 0 Å². The molecule has 2 heterocycles. The molecule has 0 amide bonds. The predicted octanol–water partition coefficient (Wildman–Crippen LogP) is 1.82. The Morgan fingerprint density at radius 2 is 2.33 bits per heavy atom. The molecule has 2 atom stereocenters. The molecule has 0 aliphatic carbocycles. The minimum Gasteiger partial charge on any atom is -0.307 e.